The molecule has 0 aromatic carbocycles. The van der Waals surface area contributed by atoms with E-state index in [1.165, 1.54) is 32.1 Å². The van der Waals surface area contributed by atoms with Crippen molar-refractivity contribution in [2.24, 2.45) is 16.8 Å². The van der Waals surface area contributed by atoms with Crippen LogP contribution in [0.4, 0.5) is 0 Å². The number of hydrogen-bond acceptors (Lipinski definition) is 2. The summed E-state index contributed by atoms with van der Waals surface area (Å²) in [4.78, 5) is 6.68. The zero-order chi connectivity index (χ0) is 9.97. The van der Waals surface area contributed by atoms with Gasteiger partial charge in [-0.15, -0.1) is 0 Å². The third-order valence-corrected chi connectivity index (χ3v) is 3.10. The molecule has 0 saturated heterocycles. The van der Waals surface area contributed by atoms with E-state index >= 15 is 0 Å². The van der Waals surface area contributed by atoms with Gasteiger partial charge in [-0.1, -0.05) is 6.42 Å². The van der Waals surface area contributed by atoms with Crippen molar-refractivity contribution < 1.29 is 0 Å². The summed E-state index contributed by atoms with van der Waals surface area (Å²) in [6.07, 6.45) is 6.58. The summed E-state index contributed by atoms with van der Waals surface area (Å²) in [5.74, 6) is 7.18. The van der Waals surface area contributed by atoms with Gasteiger partial charge in [0.2, 0.25) is 5.96 Å². The highest BCUT2D eigenvalue weighted by Crippen LogP contribution is 2.27. The lowest BCUT2D eigenvalue weighted by atomic mass is 9.85. The maximum absolute atomic E-state index is 5.46. The van der Waals surface area contributed by atoms with E-state index in [4.69, 9.17) is 5.84 Å². The third kappa shape index (κ3) is 2.38. The van der Waals surface area contributed by atoms with Gasteiger partial charge in [-0.05, 0) is 31.6 Å². The van der Waals surface area contributed by atoms with Crippen LogP contribution in [-0.4, -0.2) is 30.5 Å². The first kappa shape index (κ1) is 9.77. The molecule has 2 rings (SSSR count). The van der Waals surface area contributed by atoms with Crippen molar-refractivity contribution in [3.63, 3.8) is 0 Å². The van der Waals surface area contributed by atoms with Crippen LogP contribution in [0.5, 0.6) is 0 Å². The summed E-state index contributed by atoms with van der Waals surface area (Å²) < 4.78 is 0. The second kappa shape index (κ2) is 4.17. The molecule has 14 heavy (non-hydrogen) atoms. The van der Waals surface area contributed by atoms with E-state index in [-0.39, 0.29) is 0 Å². The molecule has 4 nitrogen and oxygen atoms in total. The highest BCUT2D eigenvalue weighted by Gasteiger charge is 2.24. The van der Waals surface area contributed by atoms with Crippen LogP contribution in [-0.2, 0) is 0 Å². The third-order valence-electron chi connectivity index (χ3n) is 3.10. The highest BCUT2D eigenvalue weighted by molar-refractivity contribution is 5.79. The molecule has 0 unspecified atom stereocenters. The quantitative estimate of drug-likeness (QED) is 0.302. The molecule has 0 bridgehead atoms. The van der Waals surface area contributed by atoms with Crippen LogP contribution in [0.1, 0.15) is 32.1 Å². The number of hydrazine groups is 1. The molecule has 4 heteroatoms. The number of nitrogens with zero attached hydrogens (tertiary/aromatic N) is 2. The molecule has 0 atom stereocenters. The monoisotopic (exact) mass is 196 g/mol. The summed E-state index contributed by atoms with van der Waals surface area (Å²) >= 11 is 0. The molecular formula is C10H20N4. The van der Waals surface area contributed by atoms with Crippen molar-refractivity contribution >= 4 is 5.96 Å². The van der Waals surface area contributed by atoms with E-state index in [0.717, 1.165) is 18.4 Å². The largest absolute Gasteiger partial charge is 0.345 e. The van der Waals surface area contributed by atoms with Crippen LogP contribution < -0.4 is 11.3 Å². The maximum Gasteiger partial charge on any atom is 0.208 e. The Labute approximate surface area is 85.5 Å². The van der Waals surface area contributed by atoms with Gasteiger partial charge in [0.1, 0.15) is 0 Å². The minimum atomic E-state index is 0.532. The van der Waals surface area contributed by atoms with Crippen LogP contribution in [0.3, 0.4) is 0 Å². The Kier molecular flexibility index (Phi) is 2.91. The van der Waals surface area contributed by atoms with E-state index in [1.54, 1.807) is 0 Å². The molecule has 0 radical (unpaired) electrons. The van der Waals surface area contributed by atoms with Crippen LogP contribution in [0.2, 0.25) is 0 Å². The van der Waals surface area contributed by atoms with E-state index in [0.29, 0.717) is 6.04 Å². The van der Waals surface area contributed by atoms with E-state index in [1.807, 2.05) is 0 Å². The van der Waals surface area contributed by atoms with Crippen LogP contribution in [0.15, 0.2) is 4.99 Å². The minimum absolute atomic E-state index is 0.532. The highest BCUT2D eigenvalue weighted by atomic mass is 15.4. The number of nitrogens with two attached hydrogens (primary N) is 1. The maximum atomic E-state index is 5.46. The lowest BCUT2D eigenvalue weighted by molar-refractivity contribution is 0.255. The SMILES string of the molecule is CN(CC1CCC1)C(=NC1CC1)NN. The number of hydrogen-bond donors (Lipinski definition) is 2. The van der Waals surface area contributed by atoms with E-state index in [9.17, 15) is 0 Å². The zero-order valence-electron chi connectivity index (χ0n) is 8.87. The van der Waals surface area contributed by atoms with Gasteiger partial charge in [-0.25, -0.2) is 10.8 Å². The van der Waals surface area contributed by atoms with Gasteiger partial charge in [0.05, 0.1) is 6.04 Å². The molecule has 0 heterocycles. The average molecular weight is 196 g/mol. The summed E-state index contributed by atoms with van der Waals surface area (Å²) in [6, 6.07) is 0.532. The first-order valence-corrected chi connectivity index (χ1v) is 5.55. The van der Waals surface area contributed by atoms with E-state index < -0.39 is 0 Å². The molecule has 2 saturated carbocycles. The molecule has 3 N–H and O–H groups in total. The van der Waals surface area contributed by atoms with Crippen LogP contribution in [0, 0.1) is 5.92 Å². The molecule has 2 aliphatic rings. The van der Waals surface area contributed by atoms with Crippen molar-refractivity contribution in [3.8, 4) is 0 Å². The Bertz CT molecular complexity index is 218. The van der Waals surface area contributed by atoms with Crippen molar-refractivity contribution in [2.75, 3.05) is 13.6 Å². The topological polar surface area (TPSA) is 53.6 Å². The molecular weight excluding hydrogens is 176 g/mol. The summed E-state index contributed by atoms with van der Waals surface area (Å²) in [6.45, 7) is 1.09. The number of aliphatic imine (C=N–C) groups is 1. The molecule has 0 amide bonds. The van der Waals surface area contributed by atoms with Gasteiger partial charge in [-0.2, -0.15) is 0 Å². The lowest BCUT2D eigenvalue weighted by Gasteiger charge is -2.31. The minimum Gasteiger partial charge on any atom is -0.345 e. The number of rotatable bonds is 3. The van der Waals surface area contributed by atoms with Crippen molar-refractivity contribution in [2.45, 2.75) is 38.1 Å². The fourth-order valence-electron chi connectivity index (χ4n) is 1.77. The van der Waals surface area contributed by atoms with Gasteiger partial charge in [0.15, 0.2) is 0 Å². The molecule has 0 spiro atoms. The van der Waals surface area contributed by atoms with Crippen LogP contribution in [0.25, 0.3) is 0 Å². The first-order chi connectivity index (χ1) is 6.79. The van der Waals surface area contributed by atoms with Gasteiger partial charge in [-0.3, -0.25) is 5.43 Å². The summed E-state index contributed by atoms with van der Waals surface area (Å²) in [7, 11) is 2.07. The molecule has 2 fully saturated rings. The predicted octanol–water partition coefficient (Wildman–Crippen LogP) is 0.700. The van der Waals surface area contributed by atoms with Gasteiger partial charge >= 0.3 is 0 Å². The fourth-order valence-corrected chi connectivity index (χ4v) is 1.77. The van der Waals surface area contributed by atoms with Gasteiger partial charge in [0, 0.05) is 13.6 Å². The molecule has 2 aliphatic carbocycles. The summed E-state index contributed by atoms with van der Waals surface area (Å²) in [5.41, 5.74) is 2.70. The molecule has 0 aromatic heterocycles. The normalized spacial score (nSPS) is 23.1. The van der Waals surface area contributed by atoms with Crippen molar-refractivity contribution in [3.05, 3.63) is 0 Å². The fraction of sp³-hybridized carbons (Fsp3) is 0.900. The number of nitrogens with one attached hydrogen (secondary N) is 1. The number of guanidine groups is 1. The molecule has 0 aliphatic heterocycles. The second-order valence-electron chi connectivity index (χ2n) is 4.51. The lowest BCUT2D eigenvalue weighted by Crippen LogP contribution is -2.45. The second-order valence-corrected chi connectivity index (χ2v) is 4.51. The molecule has 0 aromatic rings. The smallest absolute Gasteiger partial charge is 0.208 e. The predicted molar refractivity (Wildman–Crippen MR) is 57.8 cm³/mol. The Morgan fingerprint density at radius 2 is 2.14 bits per heavy atom. The Balaban J connectivity index is 1.82. The first-order valence-electron chi connectivity index (χ1n) is 5.55. The van der Waals surface area contributed by atoms with Crippen molar-refractivity contribution in [1.29, 1.82) is 0 Å². The molecule has 80 valence electrons. The van der Waals surface area contributed by atoms with Crippen LogP contribution >= 0.6 is 0 Å². The van der Waals surface area contributed by atoms with Gasteiger partial charge in [0.25, 0.3) is 0 Å². The Hall–Kier alpha value is -0.770. The summed E-state index contributed by atoms with van der Waals surface area (Å²) in [5, 5.41) is 0. The average Bonchev–Trinajstić information content (AvgIpc) is 2.90. The van der Waals surface area contributed by atoms with Crippen molar-refractivity contribution in [1.82, 2.24) is 10.3 Å². The Morgan fingerprint density at radius 3 is 2.57 bits per heavy atom. The zero-order valence-corrected chi connectivity index (χ0v) is 8.87. The van der Waals surface area contributed by atoms with Gasteiger partial charge < -0.3 is 4.90 Å². The van der Waals surface area contributed by atoms with E-state index in [2.05, 4.69) is 22.4 Å². The Morgan fingerprint density at radius 1 is 1.43 bits per heavy atom. The standard InChI is InChI=1S/C10H20N4/c1-14(7-8-3-2-4-8)10(13-11)12-9-5-6-9/h8-9H,2-7,11H2,1H3,(H,12,13).